The molecule has 0 amide bonds. The molecule has 0 unspecified atom stereocenters. The average molecular weight is 602 g/mol. The summed E-state index contributed by atoms with van der Waals surface area (Å²) in [6.07, 6.45) is -9.27. The first-order valence-electron chi connectivity index (χ1n) is 13.2. The van der Waals surface area contributed by atoms with Crippen molar-refractivity contribution in [3.8, 4) is 22.3 Å². The van der Waals surface area contributed by atoms with Crippen LogP contribution < -0.4 is 11.3 Å². The summed E-state index contributed by atoms with van der Waals surface area (Å²) in [5, 5.41) is 0.759. The third-order valence-corrected chi connectivity index (χ3v) is 7.63. The molecule has 218 valence electrons. The zero-order valence-electron chi connectivity index (χ0n) is 22.1. The highest BCUT2D eigenvalue weighted by Gasteiger charge is 2.32. The van der Waals surface area contributed by atoms with Gasteiger partial charge >= 0.3 is 23.6 Å². The van der Waals surface area contributed by atoms with Crippen LogP contribution in [0.1, 0.15) is 11.1 Å². The second-order valence-electron chi connectivity index (χ2n) is 10.2. The van der Waals surface area contributed by atoms with Crippen molar-refractivity contribution >= 4 is 43.5 Å². The van der Waals surface area contributed by atoms with E-state index < -0.39 is 34.7 Å². The maximum atomic E-state index is 13.6. The number of benzene rings is 5. The highest BCUT2D eigenvalue weighted by molar-refractivity contribution is 6.30. The van der Waals surface area contributed by atoms with Crippen LogP contribution in [0.3, 0.4) is 0 Å². The second-order valence-corrected chi connectivity index (χ2v) is 10.2. The van der Waals surface area contributed by atoms with Crippen LogP contribution in [0.2, 0.25) is 0 Å². The van der Waals surface area contributed by atoms with Crippen molar-refractivity contribution in [2.45, 2.75) is 12.4 Å². The van der Waals surface area contributed by atoms with Gasteiger partial charge in [-0.3, -0.25) is 0 Å². The number of hydrogen-bond donors (Lipinski definition) is 0. The molecule has 0 bridgehead atoms. The lowest BCUT2D eigenvalue weighted by molar-refractivity contribution is -0.138. The predicted octanol–water partition coefficient (Wildman–Crippen LogP) is 9.58. The summed E-state index contributed by atoms with van der Waals surface area (Å²) in [4.78, 5) is 27.3. The number of alkyl halides is 6. The first-order valence-corrected chi connectivity index (χ1v) is 13.2. The van der Waals surface area contributed by atoms with Gasteiger partial charge in [0.05, 0.1) is 21.9 Å². The van der Waals surface area contributed by atoms with Gasteiger partial charge in [-0.15, -0.1) is 0 Å². The number of fused-ring (bicyclic) bond motifs is 7. The molecule has 7 rings (SSSR count). The van der Waals surface area contributed by atoms with E-state index in [2.05, 4.69) is 0 Å². The first-order chi connectivity index (χ1) is 20.9. The summed E-state index contributed by atoms with van der Waals surface area (Å²) in [5.74, 6) is 0. The van der Waals surface area contributed by atoms with E-state index in [1.165, 1.54) is 36.4 Å². The molecular formula is C34H16F6O4. The minimum atomic E-state index is -4.64. The molecule has 0 atom stereocenters. The summed E-state index contributed by atoms with van der Waals surface area (Å²) in [6, 6.07) is 21.3. The highest BCUT2D eigenvalue weighted by Crippen LogP contribution is 2.47. The summed E-state index contributed by atoms with van der Waals surface area (Å²) < 4.78 is 92.5. The molecule has 0 saturated heterocycles. The predicted molar refractivity (Wildman–Crippen MR) is 154 cm³/mol. The van der Waals surface area contributed by atoms with Gasteiger partial charge in [0.15, 0.2) is 0 Å². The van der Waals surface area contributed by atoms with Gasteiger partial charge in [0, 0.05) is 21.5 Å². The van der Waals surface area contributed by atoms with Gasteiger partial charge in [0.25, 0.3) is 0 Å². The van der Waals surface area contributed by atoms with Crippen molar-refractivity contribution in [1.82, 2.24) is 0 Å². The second kappa shape index (κ2) is 9.57. The molecule has 44 heavy (non-hydrogen) atoms. The van der Waals surface area contributed by atoms with Crippen LogP contribution in [0.25, 0.3) is 65.7 Å². The van der Waals surface area contributed by atoms with Gasteiger partial charge in [0.1, 0.15) is 11.2 Å². The topological polar surface area (TPSA) is 60.4 Å². The van der Waals surface area contributed by atoms with Gasteiger partial charge in [-0.25, -0.2) is 9.59 Å². The zero-order valence-corrected chi connectivity index (χ0v) is 22.1. The number of hydrogen-bond acceptors (Lipinski definition) is 4. The molecule has 2 heterocycles. The van der Waals surface area contributed by atoms with E-state index in [0.717, 1.165) is 24.3 Å². The van der Waals surface area contributed by atoms with Crippen molar-refractivity contribution in [2.75, 3.05) is 0 Å². The van der Waals surface area contributed by atoms with Gasteiger partial charge in [-0.2, -0.15) is 26.3 Å². The Morgan fingerprint density at radius 3 is 1.11 bits per heavy atom. The van der Waals surface area contributed by atoms with Crippen LogP contribution in [-0.4, -0.2) is 0 Å². The Balaban J connectivity index is 1.79. The molecule has 0 aliphatic heterocycles. The van der Waals surface area contributed by atoms with Gasteiger partial charge in [-0.05, 0) is 58.7 Å². The van der Waals surface area contributed by atoms with Crippen LogP contribution in [0, 0.1) is 0 Å². The minimum Gasteiger partial charge on any atom is -0.422 e. The molecule has 0 aliphatic carbocycles. The van der Waals surface area contributed by atoms with E-state index in [-0.39, 0.29) is 55.0 Å². The molecule has 10 heteroatoms. The highest BCUT2D eigenvalue weighted by atomic mass is 19.4. The van der Waals surface area contributed by atoms with Crippen LogP contribution in [-0.2, 0) is 12.4 Å². The summed E-state index contributed by atoms with van der Waals surface area (Å²) in [6.45, 7) is 0. The molecule has 7 aromatic rings. The van der Waals surface area contributed by atoms with E-state index in [0.29, 0.717) is 10.8 Å². The van der Waals surface area contributed by atoms with Crippen molar-refractivity contribution < 1.29 is 35.2 Å². The van der Waals surface area contributed by atoms with E-state index in [9.17, 15) is 35.9 Å². The Kier molecular flexibility index (Phi) is 5.97. The molecule has 0 saturated carbocycles. The Morgan fingerprint density at radius 1 is 0.432 bits per heavy atom. The number of rotatable bonds is 2. The van der Waals surface area contributed by atoms with Crippen molar-refractivity contribution in [2.24, 2.45) is 0 Å². The van der Waals surface area contributed by atoms with E-state index in [1.807, 2.05) is 0 Å². The van der Waals surface area contributed by atoms with Crippen LogP contribution in [0.15, 0.2) is 115 Å². The summed E-state index contributed by atoms with van der Waals surface area (Å²) in [7, 11) is 0. The lowest BCUT2D eigenvalue weighted by Gasteiger charge is -2.20. The SMILES string of the molecule is O=c1oc2ccccc2c2c(-c3ccc(C(F)(F)F)cc3)c(-c3ccc(C(F)(F)F)cc3)c3c4ccccc4oc(=O)c3c12. The Bertz CT molecular complexity index is 2210. The molecule has 0 fully saturated rings. The van der Waals surface area contributed by atoms with Gasteiger partial charge in [0.2, 0.25) is 0 Å². The first kappa shape index (κ1) is 27.5. The third-order valence-electron chi connectivity index (χ3n) is 7.63. The van der Waals surface area contributed by atoms with Crippen LogP contribution in [0.4, 0.5) is 26.3 Å². The summed E-state index contributed by atoms with van der Waals surface area (Å²) >= 11 is 0. The Labute approximate surface area is 242 Å². The van der Waals surface area contributed by atoms with E-state index in [1.54, 1.807) is 36.4 Å². The van der Waals surface area contributed by atoms with E-state index >= 15 is 0 Å². The smallest absolute Gasteiger partial charge is 0.416 e. The largest absolute Gasteiger partial charge is 0.422 e. The maximum Gasteiger partial charge on any atom is 0.416 e. The van der Waals surface area contributed by atoms with Crippen molar-refractivity contribution in [3.05, 3.63) is 129 Å². The molecule has 0 spiro atoms. The molecule has 2 aromatic heterocycles. The minimum absolute atomic E-state index is 0.140. The maximum absolute atomic E-state index is 13.6. The van der Waals surface area contributed by atoms with Crippen molar-refractivity contribution in [1.29, 1.82) is 0 Å². The number of para-hydroxylation sites is 2. The Morgan fingerprint density at radius 2 is 0.773 bits per heavy atom. The van der Waals surface area contributed by atoms with Crippen molar-refractivity contribution in [3.63, 3.8) is 0 Å². The summed E-state index contributed by atoms with van der Waals surface area (Å²) in [5.41, 5.74) is -2.41. The fraction of sp³-hybridized carbons (Fsp3) is 0.0588. The lowest BCUT2D eigenvalue weighted by atomic mass is 9.83. The van der Waals surface area contributed by atoms with Crippen LogP contribution in [0.5, 0.6) is 0 Å². The molecule has 0 N–H and O–H groups in total. The monoisotopic (exact) mass is 602 g/mol. The molecule has 4 nitrogen and oxygen atoms in total. The molecule has 0 aliphatic rings. The quantitative estimate of drug-likeness (QED) is 0.112. The number of halogens is 6. The fourth-order valence-electron chi connectivity index (χ4n) is 5.75. The molecular weight excluding hydrogens is 586 g/mol. The molecule has 0 radical (unpaired) electrons. The lowest BCUT2D eigenvalue weighted by Crippen LogP contribution is -2.10. The normalized spacial score (nSPS) is 12.5. The van der Waals surface area contributed by atoms with Gasteiger partial charge < -0.3 is 8.83 Å². The van der Waals surface area contributed by atoms with Crippen LogP contribution >= 0.6 is 0 Å². The standard InChI is InChI=1S/C34H16F6O4/c35-33(36,37)19-13-9-17(10-14-19)25-26(18-11-15-20(16-12-18)34(38,39)40)28-22-6-2-4-8-24(22)44-32(42)30(28)29-27(25)21-5-1-3-7-23(21)43-31(29)41/h1-16H. The average Bonchev–Trinajstić information content (AvgIpc) is 2.99. The zero-order chi connectivity index (χ0) is 31.0. The van der Waals surface area contributed by atoms with E-state index in [4.69, 9.17) is 8.83 Å². The Hall–Kier alpha value is -5.38. The third kappa shape index (κ3) is 4.24. The molecule has 5 aromatic carbocycles. The van der Waals surface area contributed by atoms with Gasteiger partial charge in [-0.1, -0.05) is 60.7 Å². The fourth-order valence-corrected chi connectivity index (χ4v) is 5.75.